The Labute approximate surface area is 60.9 Å². The van der Waals surface area contributed by atoms with Crippen molar-refractivity contribution < 1.29 is 9.53 Å². The predicted octanol–water partition coefficient (Wildman–Crippen LogP) is 1.02. The van der Waals surface area contributed by atoms with Crippen molar-refractivity contribution in [2.45, 2.75) is 6.42 Å². The highest BCUT2D eigenvalue weighted by Crippen LogP contribution is 2.19. The molecular weight excluding hydrogens is 128 g/mol. The van der Waals surface area contributed by atoms with Crippen molar-refractivity contribution in [2.75, 3.05) is 13.2 Å². The molecule has 0 N–H and O–H groups in total. The zero-order chi connectivity index (χ0) is 7.40. The summed E-state index contributed by atoms with van der Waals surface area (Å²) in [4.78, 5) is 10.4. The molecule has 56 valence electrons. The molecule has 1 aliphatic rings. The van der Waals surface area contributed by atoms with Gasteiger partial charge in [0, 0.05) is 18.4 Å². The first kappa shape index (κ1) is 7.48. The second-order valence-corrected chi connectivity index (χ2v) is 2.56. The van der Waals surface area contributed by atoms with Crippen LogP contribution in [-0.2, 0) is 9.53 Å². The van der Waals surface area contributed by atoms with Gasteiger partial charge in [0.1, 0.15) is 6.29 Å². The average molecular weight is 140 g/mol. The number of carbonyl (C=O) groups excluding carboxylic acids is 1. The molecule has 0 radical (unpaired) electrons. The first-order valence-corrected chi connectivity index (χ1v) is 3.54. The van der Waals surface area contributed by atoms with Crippen LogP contribution < -0.4 is 0 Å². The highest BCUT2D eigenvalue weighted by molar-refractivity contribution is 5.54. The molecule has 0 aromatic carbocycles. The van der Waals surface area contributed by atoms with E-state index < -0.39 is 0 Å². The van der Waals surface area contributed by atoms with Gasteiger partial charge in [-0.05, 0) is 6.42 Å². The van der Waals surface area contributed by atoms with Crippen LogP contribution in [-0.4, -0.2) is 19.5 Å². The summed E-state index contributed by atoms with van der Waals surface area (Å²) in [5, 5.41) is 0. The third kappa shape index (κ3) is 1.45. The predicted molar refractivity (Wildman–Crippen MR) is 38.7 cm³/mol. The second kappa shape index (κ2) is 3.52. The maximum absolute atomic E-state index is 10.4. The van der Waals surface area contributed by atoms with E-state index in [2.05, 4.69) is 6.58 Å². The summed E-state index contributed by atoms with van der Waals surface area (Å²) in [6.07, 6.45) is 3.66. The smallest absolute Gasteiger partial charge is 0.123 e. The highest BCUT2D eigenvalue weighted by Gasteiger charge is 2.21. The van der Waals surface area contributed by atoms with Gasteiger partial charge >= 0.3 is 0 Å². The molecule has 1 saturated heterocycles. The fourth-order valence-corrected chi connectivity index (χ4v) is 1.19. The molecule has 0 saturated carbocycles. The normalized spacial score (nSPS) is 33.2. The zero-order valence-corrected chi connectivity index (χ0v) is 5.95. The van der Waals surface area contributed by atoms with Crippen molar-refractivity contribution in [1.29, 1.82) is 0 Å². The Balaban J connectivity index is 2.49. The lowest BCUT2D eigenvalue weighted by Gasteiger charge is -2.24. The number of carbonyl (C=O) groups is 1. The molecule has 1 fully saturated rings. The van der Waals surface area contributed by atoms with Crippen molar-refractivity contribution in [3.63, 3.8) is 0 Å². The van der Waals surface area contributed by atoms with Crippen LogP contribution in [0, 0.1) is 11.8 Å². The second-order valence-electron chi connectivity index (χ2n) is 2.56. The summed E-state index contributed by atoms with van der Waals surface area (Å²) >= 11 is 0. The van der Waals surface area contributed by atoms with E-state index in [1.54, 1.807) is 6.08 Å². The van der Waals surface area contributed by atoms with Crippen molar-refractivity contribution in [3.8, 4) is 0 Å². The van der Waals surface area contributed by atoms with Crippen molar-refractivity contribution in [2.24, 2.45) is 11.8 Å². The van der Waals surface area contributed by atoms with Gasteiger partial charge in [0.25, 0.3) is 0 Å². The van der Waals surface area contributed by atoms with Gasteiger partial charge in [0.2, 0.25) is 0 Å². The third-order valence-electron chi connectivity index (χ3n) is 1.93. The SMILES string of the molecule is C=C[C@@H]1COCC[C@H]1C=O. The molecule has 0 spiro atoms. The molecule has 1 heterocycles. The van der Waals surface area contributed by atoms with E-state index >= 15 is 0 Å². The van der Waals surface area contributed by atoms with Gasteiger partial charge in [-0.3, -0.25) is 0 Å². The quantitative estimate of drug-likeness (QED) is 0.423. The van der Waals surface area contributed by atoms with Crippen LogP contribution in [0.15, 0.2) is 12.7 Å². The Morgan fingerprint density at radius 3 is 2.80 bits per heavy atom. The van der Waals surface area contributed by atoms with Gasteiger partial charge in [-0.25, -0.2) is 0 Å². The Hall–Kier alpha value is -0.630. The maximum Gasteiger partial charge on any atom is 0.123 e. The van der Waals surface area contributed by atoms with Crippen LogP contribution in [0.5, 0.6) is 0 Å². The largest absolute Gasteiger partial charge is 0.381 e. The van der Waals surface area contributed by atoms with Gasteiger partial charge in [-0.2, -0.15) is 0 Å². The Kier molecular flexibility index (Phi) is 2.63. The molecular formula is C8H12O2. The molecule has 0 unspecified atom stereocenters. The van der Waals surface area contributed by atoms with Crippen LogP contribution in [0.25, 0.3) is 0 Å². The van der Waals surface area contributed by atoms with E-state index in [0.29, 0.717) is 13.2 Å². The lowest BCUT2D eigenvalue weighted by Crippen LogP contribution is -2.26. The van der Waals surface area contributed by atoms with Crippen LogP contribution in [0.4, 0.5) is 0 Å². The molecule has 2 nitrogen and oxygen atoms in total. The number of rotatable bonds is 2. The summed E-state index contributed by atoms with van der Waals surface area (Å²) < 4.78 is 5.17. The first-order valence-electron chi connectivity index (χ1n) is 3.54. The number of hydrogen-bond acceptors (Lipinski definition) is 2. The van der Waals surface area contributed by atoms with E-state index in [4.69, 9.17) is 4.74 Å². The molecule has 10 heavy (non-hydrogen) atoms. The van der Waals surface area contributed by atoms with Gasteiger partial charge in [-0.1, -0.05) is 6.08 Å². The summed E-state index contributed by atoms with van der Waals surface area (Å²) in [6, 6.07) is 0. The number of hydrogen-bond donors (Lipinski definition) is 0. The number of ether oxygens (including phenoxy) is 1. The molecule has 0 aromatic heterocycles. The molecule has 1 rings (SSSR count). The van der Waals surface area contributed by atoms with Crippen molar-refractivity contribution in [1.82, 2.24) is 0 Å². The topological polar surface area (TPSA) is 26.3 Å². The molecule has 2 atom stereocenters. The van der Waals surface area contributed by atoms with E-state index in [-0.39, 0.29) is 11.8 Å². The minimum absolute atomic E-state index is 0.145. The Morgan fingerprint density at radius 1 is 1.50 bits per heavy atom. The van der Waals surface area contributed by atoms with Gasteiger partial charge < -0.3 is 9.53 Å². The molecule has 0 amide bonds. The lowest BCUT2D eigenvalue weighted by molar-refractivity contribution is -0.115. The standard InChI is InChI=1S/C8H12O2/c1-2-7-6-10-4-3-8(7)5-9/h2,5,7-8H,1,3-4,6H2/t7-,8+/m1/s1. The lowest BCUT2D eigenvalue weighted by atomic mass is 9.90. The van der Waals surface area contributed by atoms with E-state index in [9.17, 15) is 4.79 Å². The van der Waals surface area contributed by atoms with Crippen LogP contribution in [0.3, 0.4) is 0 Å². The zero-order valence-electron chi connectivity index (χ0n) is 5.95. The number of aldehydes is 1. The molecule has 0 aromatic rings. The molecule has 2 heteroatoms. The summed E-state index contributed by atoms with van der Waals surface area (Å²) in [6.45, 7) is 5.02. The van der Waals surface area contributed by atoms with Crippen molar-refractivity contribution >= 4 is 6.29 Å². The Bertz CT molecular complexity index is 115. The molecule has 1 aliphatic heterocycles. The maximum atomic E-state index is 10.4. The monoisotopic (exact) mass is 140 g/mol. The van der Waals surface area contributed by atoms with Crippen LogP contribution in [0.1, 0.15) is 6.42 Å². The van der Waals surface area contributed by atoms with Crippen molar-refractivity contribution in [3.05, 3.63) is 12.7 Å². The fraction of sp³-hybridized carbons (Fsp3) is 0.625. The van der Waals surface area contributed by atoms with Crippen LogP contribution in [0.2, 0.25) is 0 Å². The Morgan fingerprint density at radius 2 is 2.30 bits per heavy atom. The molecule has 0 aliphatic carbocycles. The van der Waals surface area contributed by atoms with E-state index in [1.807, 2.05) is 0 Å². The fourth-order valence-electron chi connectivity index (χ4n) is 1.19. The van der Waals surface area contributed by atoms with Gasteiger partial charge in [-0.15, -0.1) is 6.58 Å². The minimum atomic E-state index is 0.145. The highest BCUT2D eigenvalue weighted by atomic mass is 16.5. The molecule has 0 bridgehead atoms. The van der Waals surface area contributed by atoms with Gasteiger partial charge in [0.05, 0.1) is 6.61 Å². The minimum Gasteiger partial charge on any atom is -0.381 e. The van der Waals surface area contributed by atoms with E-state index in [0.717, 1.165) is 12.7 Å². The van der Waals surface area contributed by atoms with Crippen LogP contribution >= 0.6 is 0 Å². The van der Waals surface area contributed by atoms with Gasteiger partial charge in [0.15, 0.2) is 0 Å². The average Bonchev–Trinajstić information content (AvgIpc) is 2.04. The summed E-state index contributed by atoms with van der Waals surface area (Å²) in [7, 11) is 0. The van der Waals surface area contributed by atoms with E-state index in [1.165, 1.54) is 0 Å². The summed E-state index contributed by atoms with van der Waals surface area (Å²) in [5.74, 6) is 0.387. The summed E-state index contributed by atoms with van der Waals surface area (Å²) in [5.41, 5.74) is 0. The first-order chi connectivity index (χ1) is 4.88. The third-order valence-corrected chi connectivity index (χ3v) is 1.93.